The first-order valence-electron chi connectivity index (χ1n) is 6.10. The third-order valence-electron chi connectivity index (χ3n) is 4.07. The van der Waals surface area contributed by atoms with Gasteiger partial charge in [-0.25, -0.2) is 0 Å². The van der Waals surface area contributed by atoms with E-state index < -0.39 is 0 Å². The summed E-state index contributed by atoms with van der Waals surface area (Å²) in [5.74, 6) is 2.83. The molecule has 0 aromatic rings. The lowest BCUT2D eigenvalue weighted by molar-refractivity contribution is -0.130. The molecular weight excluding hydrogens is 218 g/mol. The fourth-order valence-corrected chi connectivity index (χ4v) is 4.12. The lowest BCUT2D eigenvalue weighted by Crippen LogP contribution is -2.44. The van der Waals surface area contributed by atoms with Crippen LogP contribution in [0.2, 0.25) is 0 Å². The van der Waals surface area contributed by atoms with E-state index in [9.17, 15) is 4.79 Å². The summed E-state index contributed by atoms with van der Waals surface area (Å²) in [7, 11) is 0. The predicted octanol–water partition coefficient (Wildman–Crippen LogP) is 2.78. The van der Waals surface area contributed by atoms with Crippen molar-refractivity contribution in [3.8, 4) is 0 Å². The number of thioether (sulfide) groups is 1. The maximum Gasteiger partial charge on any atom is 0.226 e. The van der Waals surface area contributed by atoms with Gasteiger partial charge in [0.25, 0.3) is 0 Å². The van der Waals surface area contributed by atoms with Crippen molar-refractivity contribution in [2.24, 2.45) is 11.8 Å². The van der Waals surface area contributed by atoms with E-state index in [-0.39, 0.29) is 0 Å². The van der Waals surface area contributed by atoms with Crippen LogP contribution < -0.4 is 0 Å². The van der Waals surface area contributed by atoms with Gasteiger partial charge in [0, 0.05) is 24.4 Å². The van der Waals surface area contributed by atoms with Gasteiger partial charge in [0.15, 0.2) is 0 Å². The Bertz CT molecular complexity index is 350. The zero-order valence-corrected chi connectivity index (χ0v) is 10.2. The van der Waals surface area contributed by atoms with E-state index in [0.29, 0.717) is 17.9 Å². The molecule has 3 atom stereocenters. The minimum Gasteiger partial charge on any atom is -0.314 e. The van der Waals surface area contributed by atoms with Gasteiger partial charge in [0.1, 0.15) is 0 Å². The SMILES string of the molecule is O=C1CCC2CC=CCC2C2CSC=CN12. The molecule has 0 saturated carbocycles. The van der Waals surface area contributed by atoms with Crippen molar-refractivity contribution < 1.29 is 4.79 Å². The van der Waals surface area contributed by atoms with E-state index in [1.807, 2.05) is 22.9 Å². The third-order valence-corrected chi connectivity index (χ3v) is 4.92. The summed E-state index contributed by atoms with van der Waals surface area (Å²) in [4.78, 5) is 14.1. The smallest absolute Gasteiger partial charge is 0.226 e. The largest absolute Gasteiger partial charge is 0.314 e. The van der Waals surface area contributed by atoms with Gasteiger partial charge < -0.3 is 4.90 Å². The fraction of sp³-hybridized carbons (Fsp3) is 0.615. The Kier molecular flexibility index (Phi) is 2.80. The quantitative estimate of drug-likeness (QED) is 0.602. The second kappa shape index (κ2) is 4.28. The average Bonchev–Trinajstić information content (AvgIpc) is 2.49. The summed E-state index contributed by atoms with van der Waals surface area (Å²) >= 11 is 1.85. The number of amides is 1. The fourth-order valence-electron chi connectivity index (χ4n) is 3.18. The molecule has 86 valence electrons. The van der Waals surface area contributed by atoms with Crippen LogP contribution in [0.15, 0.2) is 23.8 Å². The maximum absolute atomic E-state index is 12.0. The number of rotatable bonds is 0. The lowest BCUT2D eigenvalue weighted by Gasteiger charge is -2.38. The highest BCUT2D eigenvalue weighted by Gasteiger charge is 2.38. The van der Waals surface area contributed by atoms with Crippen LogP contribution in [0.4, 0.5) is 0 Å². The van der Waals surface area contributed by atoms with Crippen molar-refractivity contribution >= 4 is 17.7 Å². The topological polar surface area (TPSA) is 20.3 Å². The van der Waals surface area contributed by atoms with Crippen molar-refractivity contribution in [2.75, 3.05) is 5.75 Å². The van der Waals surface area contributed by atoms with Gasteiger partial charge in [-0.2, -0.15) is 0 Å². The van der Waals surface area contributed by atoms with E-state index in [1.54, 1.807) is 0 Å². The van der Waals surface area contributed by atoms with Crippen molar-refractivity contribution in [1.29, 1.82) is 0 Å². The molecule has 2 nitrogen and oxygen atoms in total. The molecule has 3 aliphatic rings. The van der Waals surface area contributed by atoms with Gasteiger partial charge >= 0.3 is 0 Å². The van der Waals surface area contributed by atoms with Crippen LogP contribution in [-0.4, -0.2) is 22.6 Å². The van der Waals surface area contributed by atoms with Crippen molar-refractivity contribution in [2.45, 2.75) is 31.7 Å². The second-order valence-corrected chi connectivity index (χ2v) is 5.83. The van der Waals surface area contributed by atoms with Gasteiger partial charge in [-0.3, -0.25) is 4.79 Å². The predicted molar refractivity (Wildman–Crippen MR) is 66.8 cm³/mol. The number of fused-ring (bicyclic) bond motifs is 3. The molecule has 3 rings (SSSR count). The first kappa shape index (κ1) is 10.5. The number of nitrogens with zero attached hydrogens (tertiary/aromatic N) is 1. The first-order chi connectivity index (χ1) is 7.86. The molecule has 2 aliphatic heterocycles. The minimum absolute atomic E-state index is 0.330. The van der Waals surface area contributed by atoms with Crippen molar-refractivity contribution in [3.05, 3.63) is 23.8 Å². The highest BCUT2D eigenvalue weighted by Crippen LogP contribution is 2.39. The highest BCUT2D eigenvalue weighted by atomic mass is 32.2. The molecule has 0 N–H and O–H groups in total. The molecule has 3 heteroatoms. The Morgan fingerprint density at radius 3 is 3.12 bits per heavy atom. The molecule has 0 aromatic heterocycles. The standard InChI is InChI=1S/C13H17NOS/c15-13-6-5-10-3-1-2-4-11(10)12-9-16-8-7-14(12)13/h1-2,7-8,10-12H,3-6,9H2. The Hall–Kier alpha value is -0.700. The number of allylic oxidation sites excluding steroid dienone is 2. The van der Waals surface area contributed by atoms with Gasteiger partial charge in [-0.05, 0) is 36.5 Å². The summed E-state index contributed by atoms with van der Waals surface area (Å²) < 4.78 is 0. The normalized spacial score (nSPS) is 37.9. The Morgan fingerprint density at radius 2 is 2.19 bits per heavy atom. The molecule has 0 bridgehead atoms. The number of carbonyl (C=O) groups excluding carboxylic acids is 1. The summed E-state index contributed by atoms with van der Waals surface area (Å²) in [6.07, 6.45) is 10.8. The summed E-state index contributed by atoms with van der Waals surface area (Å²) in [5.41, 5.74) is 0. The molecule has 0 spiro atoms. The Morgan fingerprint density at radius 1 is 1.31 bits per heavy atom. The van der Waals surface area contributed by atoms with Gasteiger partial charge in [0.2, 0.25) is 5.91 Å². The molecule has 0 aromatic carbocycles. The van der Waals surface area contributed by atoms with E-state index in [2.05, 4.69) is 17.6 Å². The van der Waals surface area contributed by atoms with Crippen molar-refractivity contribution in [1.82, 2.24) is 4.90 Å². The molecule has 1 saturated heterocycles. The summed E-state index contributed by atoms with van der Waals surface area (Å²) in [5, 5.41) is 2.06. The molecule has 2 heterocycles. The van der Waals surface area contributed by atoms with Crippen LogP contribution in [0.1, 0.15) is 25.7 Å². The first-order valence-corrected chi connectivity index (χ1v) is 7.15. The molecule has 1 fully saturated rings. The van der Waals surface area contributed by atoms with Crippen LogP contribution in [0.25, 0.3) is 0 Å². The molecule has 16 heavy (non-hydrogen) atoms. The van der Waals surface area contributed by atoms with E-state index in [1.165, 1.54) is 6.42 Å². The molecule has 1 amide bonds. The number of carbonyl (C=O) groups is 1. The Balaban J connectivity index is 1.91. The zero-order valence-electron chi connectivity index (χ0n) is 9.34. The van der Waals surface area contributed by atoms with Crippen LogP contribution in [0, 0.1) is 11.8 Å². The summed E-state index contributed by atoms with van der Waals surface area (Å²) in [6.45, 7) is 0. The van der Waals surface area contributed by atoms with Crippen molar-refractivity contribution in [3.63, 3.8) is 0 Å². The van der Waals surface area contributed by atoms with Crippen LogP contribution >= 0.6 is 11.8 Å². The molecule has 0 radical (unpaired) electrons. The minimum atomic E-state index is 0.330. The van der Waals surface area contributed by atoms with Gasteiger partial charge in [0.05, 0.1) is 0 Å². The van der Waals surface area contributed by atoms with Crippen LogP contribution in [0.5, 0.6) is 0 Å². The van der Waals surface area contributed by atoms with E-state index in [0.717, 1.165) is 30.9 Å². The third kappa shape index (κ3) is 1.71. The van der Waals surface area contributed by atoms with Gasteiger partial charge in [-0.1, -0.05) is 12.2 Å². The highest BCUT2D eigenvalue weighted by molar-refractivity contribution is 8.02. The average molecular weight is 235 g/mol. The number of hydrogen-bond acceptors (Lipinski definition) is 2. The van der Waals surface area contributed by atoms with Crippen LogP contribution in [0.3, 0.4) is 0 Å². The number of hydrogen-bond donors (Lipinski definition) is 0. The molecule has 3 unspecified atom stereocenters. The van der Waals surface area contributed by atoms with E-state index >= 15 is 0 Å². The molecular formula is C13H17NOS. The zero-order chi connectivity index (χ0) is 11.0. The van der Waals surface area contributed by atoms with Gasteiger partial charge in [-0.15, -0.1) is 11.8 Å². The van der Waals surface area contributed by atoms with E-state index in [4.69, 9.17) is 0 Å². The monoisotopic (exact) mass is 235 g/mol. The Labute approximate surface area is 101 Å². The second-order valence-electron chi connectivity index (χ2n) is 4.89. The maximum atomic E-state index is 12.0. The summed E-state index contributed by atoms with van der Waals surface area (Å²) in [6, 6.07) is 0.444. The molecule has 1 aliphatic carbocycles. The van der Waals surface area contributed by atoms with Crippen LogP contribution in [-0.2, 0) is 4.79 Å². The lowest BCUT2D eigenvalue weighted by atomic mass is 9.77.